The maximum Gasteiger partial charge on any atom is 0.331 e. The van der Waals surface area contributed by atoms with E-state index in [1.807, 2.05) is 27.7 Å². The van der Waals surface area contributed by atoms with E-state index in [-0.39, 0.29) is 17.2 Å². The number of amidine groups is 1. The van der Waals surface area contributed by atoms with Crippen LogP contribution in [0.5, 0.6) is 0 Å². The van der Waals surface area contributed by atoms with Gasteiger partial charge >= 0.3 is 5.69 Å². The largest absolute Gasteiger partial charge is 0.331 e. The Labute approximate surface area is 161 Å². The Morgan fingerprint density at radius 3 is 2.46 bits per heavy atom. The number of aromatic nitrogens is 2. The molecular weight excluding hydrogens is 372 g/mol. The molecule has 0 aliphatic heterocycles. The van der Waals surface area contributed by atoms with E-state index in [1.54, 1.807) is 16.4 Å². The zero-order valence-corrected chi connectivity index (χ0v) is 17.6. The van der Waals surface area contributed by atoms with Crippen LogP contribution in [-0.2, 0) is 20.1 Å². The van der Waals surface area contributed by atoms with Crippen LogP contribution in [0.25, 0.3) is 10.2 Å². The van der Waals surface area contributed by atoms with Crippen molar-refractivity contribution in [1.29, 1.82) is 5.41 Å². The molecule has 0 saturated carbocycles. The summed E-state index contributed by atoms with van der Waals surface area (Å²) in [6, 6.07) is 0. The van der Waals surface area contributed by atoms with Gasteiger partial charge in [-0.2, -0.15) is 0 Å². The summed E-state index contributed by atoms with van der Waals surface area (Å²) < 4.78 is 2.87. The molecule has 0 bridgehead atoms. The molecule has 2 heterocycles. The summed E-state index contributed by atoms with van der Waals surface area (Å²) in [7, 11) is 1.52. The highest BCUT2D eigenvalue weighted by Gasteiger charge is 2.21. The van der Waals surface area contributed by atoms with Crippen molar-refractivity contribution >= 4 is 39.0 Å². The van der Waals surface area contributed by atoms with E-state index in [2.05, 4.69) is 0 Å². The SMILES string of the molecule is CC(=N)N(Cc1sc2c(c1C)c(=O)n(C)c(=O)n2CC(C)C)/C(C)=C/Cl. The molecule has 0 radical (unpaired) electrons. The van der Waals surface area contributed by atoms with Gasteiger partial charge in [0.1, 0.15) is 4.83 Å². The average molecular weight is 397 g/mol. The average Bonchev–Trinajstić information content (AvgIpc) is 2.90. The van der Waals surface area contributed by atoms with Crippen molar-refractivity contribution < 1.29 is 0 Å². The van der Waals surface area contributed by atoms with Crippen LogP contribution >= 0.6 is 22.9 Å². The van der Waals surface area contributed by atoms with Gasteiger partial charge in [0, 0.05) is 29.7 Å². The lowest BCUT2D eigenvalue weighted by Crippen LogP contribution is -2.38. The van der Waals surface area contributed by atoms with Crippen molar-refractivity contribution in [1.82, 2.24) is 14.0 Å². The van der Waals surface area contributed by atoms with E-state index in [1.165, 1.54) is 28.5 Å². The first-order chi connectivity index (χ1) is 12.1. The fourth-order valence-electron chi connectivity index (χ4n) is 2.90. The van der Waals surface area contributed by atoms with E-state index >= 15 is 0 Å². The Kier molecular flexibility index (Phi) is 6.13. The molecule has 142 valence electrons. The molecule has 0 saturated heterocycles. The predicted molar refractivity (Wildman–Crippen MR) is 109 cm³/mol. The highest BCUT2D eigenvalue weighted by atomic mass is 35.5. The lowest BCUT2D eigenvalue weighted by Gasteiger charge is -2.23. The fourth-order valence-corrected chi connectivity index (χ4v) is 4.30. The number of rotatable bonds is 5. The molecular formula is C18H25ClN4O2S. The van der Waals surface area contributed by atoms with Gasteiger partial charge in [0.2, 0.25) is 0 Å². The van der Waals surface area contributed by atoms with Gasteiger partial charge in [0.25, 0.3) is 5.56 Å². The third-order valence-electron chi connectivity index (χ3n) is 4.35. The molecule has 0 amide bonds. The van der Waals surface area contributed by atoms with Crippen LogP contribution in [0.2, 0.25) is 0 Å². The van der Waals surface area contributed by atoms with E-state index in [9.17, 15) is 9.59 Å². The highest BCUT2D eigenvalue weighted by molar-refractivity contribution is 7.18. The molecule has 0 atom stereocenters. The van der Waals surface area contributed by atoms with E-state index < -0.39 is 0 Å². The third kappa shape index (κ3) is 3.64. The Hall–Kier alpha value is -1.86. The maximum absolute atomic E-state index is 12.7. The molecule has 0 aromatic carbocycles. The molecule has 26 heavy (non-hydrogen) atoms. The van der Waals surface area contributed by atoms with Gasteiger partial charge in [0.15, 0.2) is 0 Å². The maximum atomic E-state index is 12.7. The Morgan fingerprint density at radius 2 is 1.96 bits per heavy atom. The molecule has 0 aliphatic rings. The summed E-state index contributed by atoms with van der Waals surface area (Å²) >= 11 is 7.27. The third-order valence-corrected chi connectivity index (χ3v) is 5.96. The van der Waals surface area contributed by atoms with Crippen molar-refractivity contribution in [3.05, 3.63) is 42.5 Å². The van der Waals surface area contributed by atoms with Gasteiger partial charge in [-0.25, -0.2) is 4.79 Å². The zero-order valence-electron chi connectivity index (χ0n) is 16.0. The first-order valence-corrected chi connectivity index (χ1v) is 9.66. The second-order valence-electron chi connectivity index (χ2n) is 6.90. The molecule has 2 aromatic rings. The lowest BCUT2D eigenvalue weighted by molar-refractivity contribution is 0.504. The standard InChI is InChI=1S/C18H25ClN4O2S/c1-10(2)8-23-17-15(16(24)21(6)18(23)25)12(4)14(26-17)9-22(13(5)20)11(3)7-19/h7,10,20H,8-9H2,1-6H3/b11-7+,20-13?. The number of hydrogen-bond donors (Lipinski definition) is 1. The quantitative estimate of drug-likeness (QED) is 0.619. The molecule has 2 rings (SSSR count). The summed E-state index contributed by atoms with van der Waals surface area (Å²) in [6.07, 6.45) is 0. The summed E-state index contributed by atoms with van der Waals surface area (Å²) in [5.41, 5.74) is 2.49. The summed E-state index contributed by atoms with van der Waals surface area (Å²) in [6.45, 7) is 10.5. The number of halogens is 1. The molecule has 6 nitrogen and oxygen atoms in total. The van der Waals surface area contributed by atoms with Crippen LogP contribution in [0, 0.1) is 18.3 Å². The number of hydrogen-bond acceptors (Lipinski definition) is 4. The van der Waals surface area contributed by atoms with Crippen LogP contribution in [0.4, 0.5) is 0 Å². The second-order valence-corrected chi connectivity index (χ2v) is 8.21. The topological polar surface area (TPSA) is 71.1 Å². The first kappa shape index (κ1) is 20.5. The highest BCUT2D eigenvalue weighted by Crippen LogP contribution is 2.30. The molecule has 0 spiro atoms. The van der Waals surface area contributed by atoms with Crippen LogP contribution in [-0.4, -0.2) is 19.9 Å². The number of nitrogens with one attached hydrogen (secondary N) is 1. The fraction of sp³-hybridized carbons (Fsp3) is 0.500. The van der Waals surface area contributed by atoms with Gasteiger partial charge in [-0.05, 0) is 32.3 Å². The monoisotopic (exact) mass is 396 g/mol. The van der Waals surface area contributed by atoms with Crippen molar-refractivity contribution in [2.24, 2.45) is 13.0 Å². The Balaban J connectivity index is 2.74. The molecule has 0 unspecified atom stereocenters. The minimum Gasteiger partial charge on any atom is -0.328 e. The van der Waals surface area contributed by atoms with Crippen molar-refractivity contribution in [2.45, 2.75) is 47.7 Å². The van der Waals surface area contributed by atoms with Gasteiger partial charge in [-0.1, -0.05) is 25.4 Å². The first-order valence-electron chi connectivity index (χ1n) is 8.41. The smallest absolute Gasteiger partial charge is 0.328 e. The minimum atomic E-state index is -0.291. The van der Waals surface area contributed by atoms with Crippen molar-refractivity contribution in [2.75, 3.05) is 0 Å². The van der Waals surface area contributed by atoms with Crippen LogP contribution in [0.15, 0.2) is 20.8 Å². The van der Waals surface area contributed by atoms with E-state index in [4.69, 9.17) is 17.0 Å². The second kappa shape index (κ2) is 7.80. The molecule has 0 aliphatic carbocycles. The number of aryl methyl sites for hydroxylation is 1. The minimum absolute atomic E-state index is 0.271. The number of fused-ring (bicyclic) bond motifs is 1. The molecule has 2 aromatic heterocycles. The Morgan fingerprint density at radius 1 is 1.35 bits per heavy atom. The van der Waals surface area contributed by atoms with Gasteiger partial charge in [-0.15, -0.1) is 11.3 Å². The van der Waals surface area contributed by atoms with Gasteiger partial charge in [0.05, 0.1) is 17.8 Å². The molecule has 8 heteroatoms. The lowest BCUT2D eigenvalue weighted by atomic mass is 10.2. The van der Waals surface area contributed by atoms with Crippen LogP contribution in [0.1, 0.15) is 38.1 Å². The van der Waals surface area contributed by atoms with E-state index in [0.717, 1.165) is 16.1 Å². The number of allylic oxidation sites excluding steroid dienone is 1. The van der Waals surface area contributed by atoms with Crippen LogP contribution in [0.3, 0.4) is 0 Å². The molecule has 0 fully saturated rings. The van der Waals surface area contributed by atoms with Gasteiger partial charge < -0.3 is 4.90 Å². The van der Waals surface area contributed by atoms with Gasteiger partial charge in [-0.3, -0.25) is 19.3 Å². The van der Waals surface area contributed by atoms with Crippen LogP contribution < -0.4 is 11.2 Å². The normalized spacial score (nSPS) is 12.2. The van der Waals surface area contributed by atoms with E-state index in [0.29, 0.717) is 29.1 Å². The number of thiophene rings is 1. The molecule has 1 N–H and O–H groups in total. The Bertz CT molecular complexity index is 997. The predicted octanol–water partition coefficient (Wildman–Crippen LogP) is 3.63. The zero-order chi connectivity index (χ0) is 19.8. The van der Waals surface area contributed by atoms with Crippen molar-refractivity contribution in [3.8, 4) is 0 Å². The number of nitrogens with zero attached hydrogens (tertiary/aromatic N) is 3. The van der Waals surface area contributed by atoms with Crippen molar-refractivity contribution in [3.63, 3.8) is 0 Å². The summed E-state index contributed by atoms with van der Waals surface area (Å²) in [5.74, 6) is 0.643. The summed E-state index contributed by atoms with van der Waals surface area (Å²) in [4.78, 5) is 28.7. The summed E-state index contributed by atoms with van der Waals surface area (Å²) in [5, 5.41) is 8.58.